The number of rotatable bonds is 6. The third-order valence-electron chi connectivity index (χ3n) is 6.90. The molecule has 6 nitrogen and oxygen atoms in total. The van der Waals surface area contributed by atoms with Gasteiger partial charge in [0.05, 0.1) is 10.9 Å². The Morgan fingerprint density at radius 3 is 2.75 bits per heavy atom. The molecule has 1 N–H and O–H groups in total. The fraction of sp³-hybridized carbons (Fsp3) is 0.241. The van der Waals surface area contributed by atoms with E-state index in [0.717, 1.165) is 70.6 Å². The number of anilines is 2. The van der Waals surface area contributed by atoms with E-state index in [9.17, 15) is 4.39 Å². The largest absolute Gasteiger partial charge is 0.489 e. The Balaban J connectivity index is 1.47. The molecule has 1 aliphatic heterocycles. The number of nitrogens with zero attached hydrogens (tertiary/aromatic N) is 4. The van der Waals surface area contributed by atoms with Gasteiger partial charge >= 0.3 is 0 Å². The number of likely N-dealkylation sites (tertiary alicyclic amines) is 1. The molecular weight excluding hydrogens is 453 g/mol. The van der Waals surface area contributed by atoms with Gasteiger partial charge in [0.1, 0.15) is 29.8 Å². The standard InChI is InChI=1S/C29H28FN5O/c1-34-14-11-24(12-15-34)36-27-7-3-6-26-28(27)29(33-19-32-26)35(18-20-4-2-5-22(30)16-20)23-8-9-25-21(17-23)10-13-31-25/h2-10,13,16-17,19,24,31H,11-12,14-15,18H2,1H3. The lowest BCUT2D eigenvalue weighted by Crippen LogP contribution is -2.35. The van der Waals surface area contributed by atoms with Gasteiger partial charge in [0.2, 0.25) is 0 Å². The highest BCUT2D eigenvalue weighted by Gasteiger charge is 2.23. The highest BCUT2D eigenvalue weighted by atomic mass is 19.1. The number of nitrogens with one attached hydrogen (secondary N) is 1. The molecule has 3 heterocycles. The van der Waals surface area contributed by atoms with Crippen molar-refractivity contribution in [1.82, 2.24) is 19.9 Å². The molecule has 7 heteroatoms. The zero-order valence-corrected chi connectivity index (χ0v) is 20.2. The van der Waals surface area contributed by atoms with Gasteiger partial charge < -0.3 is 19.5 Å². The molecular formula is C29H28FN5O. The molecule has 2 aromatic heterocycles. The normalized spacial score (nSPS) is 14.9. The molecule has 3 aromatic carbocycles. The number of hydrogen-bond acceptors (Lipinski definition) is 5. The highest BCUT2D eigenvalue weighted by Crippen LogP contribution is 2.38. The van der Waals surface area contributed by atoms with Gasteiger partial charge in [-0.15, -0.1) is 0 Å². The molecule has 0 bridgehead atoms. The first-order valence-electron chi connectivity index (χ1n) is 12.3. The molecule has 0 unspecified atom stereocenters. The Labute approximate surface area is 209 Å². The molecule has 0 aliphatic carbocycles. The number of aromatic nitrogens is 3. The van der Waals surface area contributed by atoms with Crippen molar-refractivity contribution < 1.29 is 9.13 Å². The molecule has 5 aromatic rings. The lowest BCUT2D eigenvalue weighted by Gasteiger charge is -2.30. The van der Waals surface area contributed by atoms with Crippen molar-refractivity contribution in [3.8, 4) is 5.75 Å². The van der Waals surface area contributed by atoms with E-state index < -0.39 is 0 Å². The van der Waals surface area contributed by atoms with E-state index in [0.29, 0.717) is 6.54 Å². The van der Waals surface area contributed by atoms with Crippen molar-refractivity contribution >= 4 is 33.3 Å². The van der Waals surface area contributed by atoms with Gasteiger partial charge in [-0.2, -0.15) is 0 Å². The number of halogens is 1. The van der Waals surface area contributed by atoms with E-state index >= 15 is 0 Å². The number of piperidine rings is 1. The molecule has 0 saturated carbocycles. The van der Waals surface area contributed by atoms with Gasteiger partial charge in [-0.05, 0) is 74.0 Å². The molecule has 36 heavy (non-hydrogen) atoms. The van der Waals surface area contributed by atoms with E-state index in [2.05, 4.69) is 45.0 Å². The van der Waals surface area contributed by atoms with Crippen LogP contribution in [0.1, 0.15) is 18.4 Å². The van der Waals surface area contributed by atoms with Crippen molar-refractivity contribution in [2.75, 3.05) is 25.0 Å². The van der Waals surface area contributed by atoms with Crippen molar-refractivity contribution in [3.05, 3.63) is 90.6 Å². The van der Waals surface area contributed by atoms with Crippen molar-refractivity contribution in [2.45, 2.75) is 25.5 Å². The van der Waals surface area contributed by atoms with E-state index in [1.807, 2.05) is 36.5 Å². The quantitative estimate of drug-likeness (QED) is 0.319. The van der Waals surface area contributed by atoms with Gasteiger partial charge in [-0.3, -0.25) is 0 Å². The first-order chi connectivity index (χ1) is 17.6. The summed E-state index contributed by atoms with van der Waals surface area (Å²) in [6.07, 6.45) is 5.62. The second-order valence-electron chi connectivity index (χ2n) is 9.43. The second-order valence-corrected chi connectivity index (χ2v) is 9.43. The Hall–Kier alpha value is -3.97. The topological polar surface area (TPSA) is 57.3 Å². The monoisotopic (exact) mass is 481 g/mol. The summed E-state index contributed by atoms with van der Waals surface area (Å²) in [5.41, 5.74) is 3.69. The fourth-order valence-corrected chi connectivity index (χ4v) is 4.96. The molecule has 6 rings (SSSR count). The predicted octanol–water partition coefficient (Wildman–Crippen LogP) is 6.06. The Morgan fingerprint density at radius 2 is 1.89 bits per heavy atom. The van der Waals surface area contributed by atoms with Crippen LogP contribution >= 0.6 is 0 Å². The number of fused-ring (bicyclic) bond motifs is 2. The summed E-state index contributed by atoms with van der Waals surface area (Å²) in [7, 11) is 2.14. The third kappa shape index (κ3) is 4.50. The van der Waals surface area contributed by atoms with E-state index in [1.165, 1.54) is 6.07 Å². The van der Waals surface area contributed by atoms with Crippen molar-refractivity contribution in [2.24, 2.45) is 0 Å². The molecule has 1 saturated heterocycles. The summed E-state index contributed by atoms with van der Waals surface area (Å²) >= 11 is 0. The minimum absolute atomic E-state index is 0.146. The van der Waals surface area contributed by atoms with E-state index in [-0.39, 0.29) is 11.9 Å². The lowest BCUT2D eigenvalue weighted by atomic mass is 10.1. The minimum Gasteiger partial charge on any atom is -0.489 e. The average molecular weight is 482 g/mol. The van der Waals surface area contributed by atoms with E-state index in [4.69, 9.17) is 9.72 Å². The van der Waals surface area contributed by atoms with Gasteiger partial charge in [-0.25, -0.2) is 14.4 Å². The molecule has 1 fully saturated rings. The first kappa shape index (κ1) is 22.5. The third-order valence-corrected chi connectivity index (χ3v) is 6.90. The van der Waals surface area contributed by atoms with Crippen LogP contribution in [0.4, 0.5) is 15.9 Å². The Morgan fingerprint density at radius 1 is 1.03 bits per heavy atom. The van der Waals surface area contributed by atoms with Gasteiger partial charge in [0.15, 0.2) is 0 Å². The van der Waals surface area contributed by atoms with Crippen LogP contribution < -0.4 is 9.64 Å². The van der Waals surface area contributed by atoms with Gasteiger partial charge in [0, 0.05) is 42.4 Å². The van der Waals surface area contributed by atoms with Crippen molar-refractivity contribution in [3.63, 3.8) is 0 Å². The first-order valence-corrected chi connectivity index (χ1v) is 12.3. The average Bonchev–Trinajstić information content (AvgIpc) is 3.37. The van der Waals surface area contributed by atoms with Crippen molar-refractivity contribution in [1.29, 1.82) is 0 Å². The second kappa shape index (κ2) is 9.59. The summed E-state index contributed by atoms with van der Waals surface area (Å²) < 4.78 is 20.7. The minimum atomic E-state index is -0.257. The van der Waals surface area contributed by atoms with Crippen LogP contribution in [0.25, 0.3) is 21.8 Å². The predicted molar refractivity (Wildman–Crippen MR) is 141 cm³/mol. The Bertz CT molecular complexity index is 1500. The number of benzene rings is 3. The van der Waals surface area contributed by atoms with Crippen LogP contribution in [0.15, 0.2) is 79.3 Å². The number of aromatic amines is 1. The molecule has 0 atom stereocenters. The SMILES string of the molecule is CN1CCC(Oc2cccc3ncnc(N(Cc4cccc(F)c4)c4ccc5[nH]ccc5c4)c23)CC1. The zero-order valence-electron chi connectivity index (χ0n) is 20.2. The van der Waals surface area contributed by atoms with Crippen LogP contribution in [0.3, 0.4) is 0 Å². The summed E-state index contributed by atoms with van der Waals surface area (Å²) in [6.45, 7) is 2.48. The highest BCUT2D eigenvalue weighted by molar-refractivity contribution is 5.97. The molecule has 1 aliphatic rings. The number of ether oxygens (including phenoxy) is 1. The lowest BCUT2D eigenvalue weighted by molar-refractivity contribution is 0.116. The smallest absolute Gasteiger partial charge is 0.148 e. The van der Waals surface area contributed by atoms with Gasteiger partial charge in [-0.1, -0.05) is 18.2 Å². The zero-order chi connectivity index (χ0) is 24.5. The summed E-state index contributed by atoms with van der Waals surface area (Å²) in [5.74, 6) is 1.26. The van der Waals surface area contributed by atoms with Crippen LogP contribution in [-0.2, 0) is 6.54 Å². The molecule has 0 radical (unpaired) electrons. The Kier molecular flexibility index (Phi) is 5.99. The van der Waals surface area contributed by atoms with Crippen LogP contribution in [-0.4, -0.2) is 46.1 Å². The maximum absolute atomic E-state index is 14.1. The number of H-pyrrole nitrogens is 1. The summed E-state index contributed by atoms with van der Waals surface area (Å²) in [6, 6.07) is 21.0. The van der Waals surface area contributed by atoms with Crippen LogP contribution in [0.2, 0.25) is 0 Å². The molecule has 0 amide bonds. The fourth-order valence-electron chi connectivity index (χ4n) is 4.96. The summed E-state index contributed by atoms with van der Waals surface area (Å²) in [4.78, 5) is 17.0. The molecule has 0 spiro atoms. The van der Waals surface area contributed by atoms with Crippen LogP contribution in [0, 0.1) is 5.82 Å². The van der Waals surface area contributed by atoms with Crippen LogP contribution in [0.5, 0.6) is 5.75 Å². The maximum Gasteiger partial charge on any atom is 0.148 e. The summed E-state index contributed by atoms with van der Waals surface area (Å²) in [5, 5.41) is 1.96. The molecule has 182 valence electrons. The van der Waals surface area contributed by atoms with E-state index in [1.54, 1.807) is 18.5 Å². The number of hydrogen-bond donors (Lipinski definition) is 1. The van der Waals surface area contributed by atoms with Gasteiger partial charge in [0.25, 0.3) is 0 Å². The maximum atomic E-state index is 14.1.